The van der Waals surface area contributed by atoms with Crippen LogP contribution >= 0.6 is 11.8 Å². The first kappa shape index (κ1) is 19.6. The number of nitrogens with two attached hydrogens (primary N) is 1. The molecular formula is C22H21N3O2S. The lowest BCUT2D eigenvalue weighted by atomic mass is 10.1. The molecule has 2 N–H and O–H groups in total. The molecule has 0 amide bonds. The number of methoxy groups -OCH3 is 1. The average molecular weight is 391 g/mol. The Bertz CT molecular complexity index is 1150. The minimum Gasteiger partial charge on any atom is -0.497 e. The third-order valence-corrected chi connectivity index (χ3v) is 5.35. The minimum atomic E-state index is -0.0133. The van der Waals surface area contributed by atoms with Gasteiger partial charge in [0.05, 0.1) is 18.2 Å². The molecule has 0 saturated heterocycles. The second kappa shape index (κ2) is 8.71. The Morgan fingerprint density at radius 2 is 2.29 bits per heavy atom. The van der Waals surface area contributed by atoms with Crippen LogP contribution in [0.3, 0.4) is 0 Å². The van der Waals surface area contributed by atoms with Crippen LogP contribution in [0.2, 0.25) is 0 Å². The first-order valence-corrected chi connectivity index (χ1v) is 9.66. The summed E-state index contributed by atoms with van der Waals surface area (Å²) in [7, 11) is 1.60. The number of nitrogens with zero attached hydrogens (tertiary/aromatic N) is 2. The van der Waals surface area contributed by atoms with Crippen molar-refractivity contribution in [1.29, 1.82) is 0 Å². The van der Waals surface area contributed by atoms with Crippen molar-refractivity contribution in [2.24, 2.45) is 5.73 Å². The average Bonchev–Trinajstić information content (AvgIpc) is 2.91. The van der Waals surface area contributed by atoms with Crippen molar-refractivity contribution in [3.05, 3.63) is 52.3 Å². The Kier molecular flexibility index (Phi) is 6.10. The number of unbranched alkanes of at least 4 members (excludes halogenated alkanes) is 1. The van der Waals surface area contributed by atoms with E-state index in [0.717, 1.165) is 21.8 Å². The van der Waals surface area contributed by atoms with Crippen molar-refractivity contribution in [3.63, 3.8) is 0 Å². The number of Topliss-reactive ketones (excluding diaryl/α,β-unsaturated/α-hetero) is 1. The lowest BCUT2D eigenvalue weighted by Crippen LogP contribution is -2.33. The SMILES string of the molecule is C#CCCCn1c(Sc2cc(OC)ccc2C(C)=O)nc2c1=CC=C=CC=2N. The molecular weight excluding hydrogens is 370 g/mol. The summed E-state index contributed by atoms with van der Waals surface area (Å²) in [5, 5.41) is 2.36. The van der Waals surface area contributed by atoms with E-state index in [4.69, 9.17) is 21.9 Å². The van der Waals surface area contributed by atoms with E-state index in [1.807, 2.05) is 18.2 Å². The zero-order valence-electron chi connectivity index (χ0n) is 15.9. The van der Waals surface area contributed by atoms with Gasteiger partial charge in [0, 0.05) is 29.5 Å². The molecule has 0 fully saturated rings. The quantitative estimate of drug-likeness (QED) is 0.339. The van der Waals surface area contributed by atoms with Crippen LogP contribution in [-0.2, 0) is 6.54 Å². The van der Waals surface area contributed by atoms with Gasteiger partial charge < -0.3 is 15.0 Å². The first-order chi connectivity index (χ1) is 13.5. The molecule has 0 atom stereocenters. The van der Waals surface area contributed by atoms with E-state index in [1.54, 1.807) is 32.2 Å². The lowest BCUT2D eigenvalue weighted by molar-refractivity contribution is 0.101. The summed E-state index contributed by atoms with van der Waals surface area (Å²) < 4.78 is 7.42. The van der Waals surface area contributed by atoms with E-state index in [9.17, 15) is 4.79 Å². The molecule has 142 valence electrons. The van der Waals surface area contributed by atoms with Crippen molar-refractivity contribution in [2.45, 2.75) is 36.4 Å². The molecule has 5 nitrogen and oxygen atoms in total. The monoisotopic (exact) mass is 391 g/mol. The number of aromatic nitrogens is 2. The molecule has 0 unspecified atom stereocenters. The van der Waals surface area contributed by atoms with Gasteiger partial charge in [0.15, 0.2) is 10.9 Å². The van der Waals surface area contributed by atoms with Crippen LogP contribution in [0.5, 0.6) is 5.75 Å². The fourth-order valence-electron chi connectivity index (χ4n) is 2.90. The Morgan fingerprint density at radius 1 is 1.46 bits per heavy atom. The van der Waals surface area contributed by atoms with Crippen LogP contribution in [0.25, 0.3) is 11.8 Å². The van der Waals surface area contributed by atoms with Gasteiger partial charge in [-0.25, -0.2) is 4.98 Å². The molecule has 1 heterocycles. The second-order valence-electron chi connectivity index (χ2n) is 6.21. The van der Waals surface area contributed by atoms with E-state index in [0.29, 0.717) is 35.3 Å². The number of rotatable bonds is 7. The number of benzene rings is 1. The van der Waals surface area contributed by atoms with Gasteiger partial charge in [-0.2, -0.15) is 0 Å². The summed E-state index contributed by atoms with van der Waals surface area (Å²) in [5.74, 6) is 3.34. The van der Waals surface area contributed by atoms with Crippen molar-refractivity contribution < 1.29 is 9.53 Å². The maximum Gasteiger partial charge on any atom is 0.174 e. The maximum atomic E-state index is 12.1. The van der Waals surface area contributed by atoms with E-state index in [1.165, 1.54) is 11.8 Å². The number of hydrogen-bond acceptors (Lipinski definition) is 5. The van der Waals surface area contributed by atoms with Gasteiger partial charge in [-0.3, -0.25) is 4.79 Å². The van der Waals surface area contributed by atoms with Crippen molar-refractivity contribution in [1.82, 2.24) is 9.55 Å². The molecule has 0 radical (unpaired) electrons. The fraction of sp³-hybridized carbons (Fsp3) is 0.227. The standard InChI is InChI=1S/C22H21N3O2S/c1-4-5-8-13-25-19-10-7-6-9-18(23)21(19)24-22(25)28-20-14-16(27-3)11-12-17(20)15(2)26/h1,7,9-12,14H,5,8,13,23H2,2-3H3. The maximum absolute atomic E-state index is 12.1. The minimum absolute atomic E-state index is 0.0133. The van der Waals surface area contributed by atoms with Crippen LogP contribution in [0.15, 0.2) is 46.1 Å². The molecule has 2 aromatic rings. The molecule has 0 saturated carbocycles. The second-order valence-corrected chi connectivity index (χ2v) is 7.22. The van der Waals surface area contributed by atoms with Gasteiger partial charge in [-0.05, 0) is 43.7 Å². The topological polar surface area (TPSA) is 70.1 Å². The van der Waals surface area contributed by atoms with E-state index >= 15 is 0 Å². The molecule has 6 heteroatoms. The van der Waals surface area contributed by atoms with Gasteiger partial charge in [-0.15, -0.1) is 18.1 Å². The largest absolute Gasteiger partial charge is 0.497 e. The summed E-state index contributed by atoms with van der Waals surface area (Å²) in [6.07, 6.45) is 12.4. The van der Waals surface area contributed by atoms with Gasteiger partial charge in [-0.1, -0.05) is 11.8 Å². The summed E-state index contributed by atoms with van der Waals surface area (Å²) in [4.78, 5) is 17.6. The lowest BCUT2D eigenvalue weighted by Gasteiger charge is -2.11. The van der Waals surface area contributed by atoms with Crippen molar-refractivity contribution in [2.75, 3.05) is 7.11 Å². The third kappa shape index (κ3) is 4.07. The number of imidazole rings is 1. The Morgan fingerprint density at radius 3 is 3.00 bits per heavy atom. The molecule has 1 aromatic heterocycles. The molecule has 3 rings (SSSR count). The Labute approximate surface area is 168 Å². The van der Waals surface area contributed by atoms with Gasteiger partial charge in [0.1, 0.15) is 11.1 Å². The van der Waals surface area contributed by atoms with Crippen LogP contribution in [-0.4, -0.2) is 22.4 Å². The normalized spacial score (nSPS) is 12.1. The molecule has 0 spiro atoms. The smallest absolute Gasteiger partial charge is 0.174 e. The molecule has 1 aliphatic rings. The number of ketones is 1. The third-order valence-electron chi connectivity index (χ3n) is 4.29. The summed E-state index contributed by atoms with van der Waals surface area (Å²) in [5.41, 5.74) is 10.4. The molecule has 0 bridgehead atoms. The van der Waals surface area contributed by atoms with E-state index < -0.39 is 0 Å². The predicted octanol–water partition coefficient (Wildman–Crippen LogP) is 2.23. The highest BCUT2D eigenvalue weighted by atomic mass is 32.2. The zero-order valence-corrected chi connectivity index (χ0v) is 16.7. The summed E-state index contributed by atoms with van der Waals surface area (Å²) in [6, 6.07) is 5.41. The van der Waals surface area contributed by atoms with E-state index in [2.05, 4.69) is 16.2 Å². The Balaban J connectivity index is 2.14. The Hall–Kier alpha value is -3.13. The molecule has 28 heavy (non-hydrogen) atoms. The molecule has 0 aliphatic heterocycles. The molecule has 1 aromatic carbocycles. The van der Waals surface area contributed by atoms with Crippen molar-refractivity contribution >= 4 is 29.3 Å². The van der Waals surface area contributed by atoms with E-state index in [-0.39, 0.29) is 5.78 Å². The fourth-order valence-corrected chi connectivity index (χ4v) is 4.03. The number of fused-ring (bicyclic) bond motifs is 1. The highest BCUT2D eigenvalue weighted by molar-refractivity contribution is 7.99. The van der Waals surface area contributed by atoms with Crippen LogP contribution in [0.1, 0.15) is 30.1 Å². The predicted molar refractivity (Wildman–Crippen MR) is 111 cm³/mol. The number of terminal acetylenes is 1. The van der Waals surface area contributed by atoms with Gasteiger partial charge in [0.25, 0.3) is 0 Å². The highest BCUT2D eigenvalue weighted by Gasteiger charge is 2.16. The van der Waals surface area contributed by atoms with Gasteiger partial charge in [0.2, 0.25) is 0 Å². The van der Waals surface area contributed by atoms with Crippen LogP contribution < -0.4 is 21.2 Å². The number of carbonyl (C=O) groups excluding carboxylic acids is 1. The van der Waals surface area contributed by atoms with Crippen LogP contribution in [0, 0.1) is 12.3 Å². The zero-order chi connectivity index (χ0) is 20.1. The van der Waals surface area contributed by atoms with Crippen molar-refractivity contribution in [3.8, 4) is 18.1 Å². The van der Waals surface area contributed by atoms with Crippen LogP contribution in [0.4, 0.5) is 0 Å². The summed E-state index contributed by atoms with van der Waals surface area (Å²) in [6.45, 7) is 2.25. The number of hydrogen-bond donors (Lipinski definition) is 1. The number of carbonyl (C=O) groups is 1. The first-order valence-electron chi connectivity index (χ1n) is 8.84. The molecule has 1 aliphatic carbocycles. The highest BCUT2D eigenvalue weighted by Crippen LogP contribution is 2.32. The summed E-state index contributed by atoms with van der Waals surface area (Å²) >= 11 is 1.42. The van der Waals surface area contributed by atoms with Gasteiger partial charge >= 0.3 is 0 Å². The number of ether oxygens (including phenoxy) is 1.